The minimum absolute atomic E-state index is 0.0341. The Labute approximate surface area is 194 Å². The Morgan fingerprint density at radius 3 is 2.68 bits per heavy atom. The lowest BCUT2D eigenvalue weighted by Gasteiger charge is -2.20. The molecule has 1 heterocycles. The number of aliphatic carboxylic acids is 1. The van der Waals surface area contributed by atoms with Crippen LogP contribution in [0, 0.1) is 0 Å². The Morgan fingerprint density at radius 2 is 1.97 bits per heavy atom. The van der Waals surface area contributed by atoms with Gasteiger partial charge in [0.15, 0.2) is 11.5 Å². The van der Waals surface area contributed by atoms with Crippen LogP contribution in [0.4, 0.5) is 19.3 Å². The van der Waals surface area contributed by atoms with Gasteiger partial charge >= 0.3 is 18.4 Å². The van der Waals surface area contributed by atoms with Crippen LogP contribution in [0.15, 0.2) is 30.3 Å². The molecular formula is C24H25F2NO7. The molecule has 1 aliphatic carbocycles. The zero-order valence-electron chi connectivity index (χ0n) is 18.9. The fourth-order valence-corrected chi connectivity index (χ4v) is 4.08. The average molecular weight is 477 g/mol. The van der Waals surface area contributed by atoms with E-state index in [1.165, 1.54) is 12.1 Å². The van der Waals surface area contributed by atoms with E-state index in [0.717, 1.165) is 24.0 Å². The monoisotopic (exact) mass is 477 g/mol. The quantitative estimate of drug-likeness (QED) is 0.571. The van der Waals surface area contributed by atoms with Gasteiger partial charge in [-0.3, -0.25) is 10.1 Å². The van der Waals surface area contributed by atoms with Crippen molar-refractivity contribution < 1.29 is 42.4 Å². The molecule has 0 saturated heterocycles. The summed E-state index contributed by atoms with van der Waals surface area (Å²) in [6, 6.07) is 8.05. The Balaban J connectivity index is 1.52. The summed E-state index contributed by atoms with van der Waals surface area (Å²) in [7, 11) is 0. The van der Waals surface area contributed by atoms with E-state index in [1.807, 2.05) is 12.1 Å². The van der Waals surface area contributed by atoms with Gasteiger partial charge in [0, 0.05) is 17.3 Å². The summed E-state index contributed by atoms with van der Waals surface area (Å²) in [4.78, 5) is 23.2. The molecule has 4 rings (SSSR count). The van der Waals surface area contributed by atoms with E-state index in [-0.39, 0.29) is 41.7 Å². The van der Waals surface area contributed by atoms with Crippen molar-refractivity contribution >= 4 is 17.7 Å². The van der Waals surface area contributed by atoms with Crippen molar-refractivity contribution in [1.82, 2.24) is 0 Å². The first-order valence-electron chi connectivity index (χ1n) is 10.8. The van der Waals surface area contributed by atoms with Gasteiger partial charge in [0.1, 0.15) is 18.0 Å². The highest BCUT2D eigenvalue weighted by molar-refractivity contribution is 5.86. The number of nitrogens with one attached hydrogen (secondary N) is 1. The first-order valence-corrected chi connectivity index (χ1v) is 10.8. The standard InChI is InChI=1S/C24H25F2NO7/c1-23(2,3)34-22(30)27-16-8-15(21-19(11-16)32-24(25,26)33-21)12-31-17-6-7-18-13(9-17)4-5-14(18)10-20(28)29/h6-9,11,14H,4-5,10,12H2,1-3H3,(H,27,30)(H,28,29). The third-order valence-corrected chi connectivity index (χ3v) is 5.36. The average Bonchev–Trinajstić information content (AvgIpc) is 3.22. The highest BCUT2D eigenvalue weighted by Gasteiger charge is 2.45. The molecule has 2 aliphatic rings. The Hall–Kier alpha value is -3.56. The van der Waals surface area contributed by atoms with Crippen molar-refractivity contribution in [2.24, 2.45) is 0 Å². The van der Waals surface area contributed by atoms with Gasteiger partial charge in [-0.1, -0.05) is 6.07 Å². The number of anilines is 1. The van der Waals surface area contributed by atoms with Gasteiger partial charge in [0.05, 0.1) is 6.42 Å². The predicted octanol–water partition coefficient (Wildman–Crippen LogP) is 5.44. The van der Waals surface area contributed by atoms with E-state index < -0.39 is 24.0 Å². The van der Waals surface area contributed by atoms with E-state index in [1.54, 1.807) is 26.8 Å². The molecule has 8 nitrogen and oxygen atoms in total. The van der Waals surface area contributed by atoms with Crippen molar-refractivity contribution in [3.05, 3.63) is 47.0 Å². The summed E-state index contributed by atoms with van der Waals surface area (Å²) in [5.74, 6) is -0.788. The van der Waals surface area contributed by atoms with E-state index in [2.05, 4.69) is 14.8 Å². The van der Waals surface area contributed by atoms with Crippen LogP contribution >= 0.6 is 0 Å². The van der Waals surface area contributed by atoms with E-state index in [0.29, 0.717) is 5.75 Å². The number of rotatable bonds is 6. The molecule has 0 bridgehead atoms. The summed E-state index contributed by atoms with van der Waals surface area (Å²) in [6.07, 6.45) is -3.04. The third-order valence-electron chi connectivity index (χ3n) is 5.36. The van der Waals surface area contributed by atoms with Crippen molar-refractivity contribution in [3.63, 3.8) is 0 Å². The summed E-state index contributed by atoms with van der Waals surface area (Å²) >= 11 is 0. The summed E-state index contributed by atoms with van der Waals surface area (Å²) < 4.78 is 47.7. The molecule has 1 atom stereocenters. The maximum Gasteiger partial charge on any atom is 0.586 e. The molecule has 0 spiro atoms. The fraction of sp³-hybridized carbons (Fsp3) is 0.417. The van der Waals surface area contributed by atoms with Gasteiger partial charge in [-0.25, -0.2) is 4.79 Å². The normalized spacial score (nSPS) is 17.7. The second kappa shape index (κ2) is 8.66. The first kappa shape index (κ1) is 23.6. The number of hydrogen-bond acceptors (Lipinski definition) is 6. The van der Waals surface area contributed by atoms with Gasteiger partial charge < -0.3 is 24.1 Å². The molecule has 1 aliphatic heterocycles. The number of ether oxygens (including phenoxy) is 4. The van der Waals surface area contributed by atoms with Crippen molar-refractivity contribution in [2.75, 3.05) is 5.32 Å². The molecule has 0 saturated carbocycles. The summed E-state index contributed by atoms with van der Waals surface area (Å²) in [5.41, 5.74) is 1.66. The predicted molar refractivity (Wildman–Crippen MR) is 117 cm³/mol. The van der Waals surface area contributed by atoms with Crippen LogP contribution < -0.4 is 19.5 Å². The number of carboxylic acids is 1. The molecule has 2 aromatic carbocycles. The molecule has 0 radical (unpaired) electrons. The number of benzene rings is 2. The van der Waals surface area contributed by atoms with Crippen molar-refractivity contribution in [1.29, 1.82) is 0 Å². The van der Waals surface area contributed by atoms with Crippen LogP contribution in [0.3, 0.4) is 0 Å². The topological polar surface area (TPSA) is 103 Å². The smallest absolute Gasteiger partial charge is 0.489 e. The third kappa shape index (κ3) is 5.49. The minimum atomic E-state index is -3.84. The van der Waals surface area contributed by atoms with Gasteiger partial charge in [0.2, 0.25) is 0 Å². The summed E-state index contributed by atoms with van der Waals surface area (Å²) in [5, 5.41) is 11.6. The highest BCUT2D eigenvalue weighted by Crippen LogP contribution is 2.46. The molecular weight excluding hydrogens is 452 g/mol. The largest absolute Gasteiger partial charge is 0.586 e. The minimum Gasteiger partial charge on any atom is -0.489 e. The number of carbonyl (C=O) groups excluding carboxylic acids is 1. The lowest BCUT2D eigenvalue weighted by atomic mass is 9.98. The van der Waals surface area contributed by atoms with Crippen LogP contribution in [-0.4, -0.2) is 29.1 Å². The van der Waals surface area contributed by atoms with Crippen LogP contribution in [0.25, 0.3) is 0 Å². The molecule has 0 fully saturated rings. The lowest BCUT2D eigenvalue weighted by molar-refractivity contribution is -0.287. The zero-order chi connectivity index (χ0) is 24.7. The van der Waals surface area contributed by atoms with Crippen LogP contribution in [0.1, 0.15) is 56.2 Å². The van der Waals surface area contributed by atoms with E-state index in [9.17, 15) is 18.4 Å². The maximum absolute atomic E-state index is 13.7. The molecule has 1 unspecified atom stereocenters. The number of amides is 1. The molecule has 0 aromatic heterocycles. The molecule has 10 heteroatoms. The van der Waals surface area contributed by atoms with Gasteiger partial charge in [-0.2, -0.15) is 0 Å². The number of fused-ring (bicyclic) bond motifs is 2. The SMILES string of the molecule is CC(C)(C)OC(=O)Nc1cc(COc2ccc3c(c2)CCC3CC(=O)O)c2c(c1)OC(F)(F)O2. The van der Waals surface area contributed by atoms with Gasteiger partial charge in [-0.05, 0) is 68.9 Å². The lowest BCUT2D eigenvalue weighted by Crippen LogP contribution is -2.27. The van der Waals surface area contributed by atoms with Crippen LogP contribution in [0.2, 0.25) is 0 Å². The Bertz CT molecular complexity index is 1130. The zero-order valence-corrected chi connectivity index (χ0v) is 18.9. The number of alkyl halides is 2. The van der Waals surface area contributed by atoms with Crippen LogP contribution in [0.5, 0.6) is 17.2 Å². The molecule has 2 N–H and O–H groups in total. The van der Waals surface area contributed by atoms with Gasteiger partial charge in [0.25, 0.3) is 0 Å². The fourth-order valence-electron chi connectivity index (χ4n) is 4.08. The Morgan fingerprint density at radius 1 is 1.21 bits per heavy atom. The van der Waals surface area contributed by atoms with Gasteiger partial charge in [-0.15, -0.1) is 8.78 Å². The van der Waals surface area contributed by atoms with Crippen molar-refractivity contribution in [3.8, 4) is 17.2 Å². The highest BCUT2D eigenvalue weighted by atomic mass is 19.3. The van der Waals surface area contributed by atoms with E-state index in [4.69, 9.17) is 14.6 Å². The molecule has 2 aromatic rings. The first-order chi connectivity index (χ1) is 15.9. The second-order valence-corrected chi connectivity index (χ2v) is 9.24. The number of carboxylic acid groups (broad SMARTS) is 1. The van der Waals surface area contributed by atoms with Crippen LogP contribution in [-0.2, 0) is 22.6 Å². The molecule has 1 amide bonds. The number of carbonyl (C=O) groups is 2. The second-order valence-electron chi connectivity index (χ2n) is 9.24. The number of hydrogen-bond donors (Lipinski definition) is 2. The van der Waals surface area contributed by atoms with Crippen molar-refractivity contribution in [2.45, 2.75) is 64.5 Å². The summed E-state index contributed by atoms with van der Waals surface area (Å²) in [6.45, 7) is 4.97. The number of halogens is 2. The maximum atomic E-state index is 13.7. The number of aryl methyl sites for hydroxylation is 1. The Kier molecular flexibility index (Phi) is 6.01. The molecule has 34 heavy (non-hydrogen) atoms. The molecule has 182 valence electrons. The van der Waals surface area contributed by atoms with E-state index >= 15 is 0 Å².